The summed E-state index contributed by atoms with van der Waals surface area (Å²) in [5.74, 6) is -3.03. The predicted octanol–water partition coefficient (Wildman–Crippen LogP) is 4.08. The van der Waals surface area contributed by atoms with Gasteiger partial charge in [-0.25, -0.2) is 8.78 Å². The highest BCUT2D eigenvalue weighted by molar-refractivity contribution is 8.18. The number of benzene rings is 2. The minimum atomic E-state index is -0.991. The molecule has 1 fully saturated rings. The number of thioether (sulfide) groups is 1. The summed E-state index contributed by atoms with van der Waals surface area (Å²) in [5, 5.41) is 2.50. The van der Waals surface area contributed by atoms with Crippen LogP contribution in [0.2, 0.25) is 5.02 Å². The minimum absolute atomic E-state index is 0.0675. The monoisotopic (exact) mass is 422 g/mol. The topological polar surface area (TPSA) is 66.5 Å². The number of nitrogens with one attached hydrogen (secondary N) is 1. The molecule has 3 rings (SSSR count). The summed E-state index contributed by atoms with van der Waals surface area (Å²) in [6.45, 7) is -0.140. The first kappa shape index (κ1) is 20.0. The summed E-state index contributed by atoms with van der Waals surface area (Å²) >= 11 is 6.61. The van der Waals surface area contributed by atoms with E-state index in [4.69, 9.17) is 11.6 Å². The Kier molecular flexibility index (Phi) is 6.11. The lowest BCUT2D eigenvalue weighted by Gasteiger charge is -2.13. The molecule has 1 N–H and O–H groups in total. The van der Waals surface area contributed by atoms with E-state index in [-0.39, 0.29) is 23.6 Å². The van der Waals surface area contributed by atoms with Gasteiger partial charge in [-0.15, -0.1) is 0 Å². The van der Waals surface area contributed by atoms with Crippen molar-refractivity contribution in [3.63, 3.8) is 0 Å². The van der Waals surface area contributed by atoms with Crippen molar-refractivity contribution in [1.29, 1.82) is 0 Å². The van der Waals surface area contributed by atoms with Gasteiger partial charge in [-0.2, -0.15) is 0 Å². The highest BCUT2D eigenvalue weighted by Crippen LogP contribution is 2.32. The Hall–Kier alpha value is -2.71. The van der Waals surface area contributed by atoms with Crippen LogP contribution in [0.5, 0.6) is 0 Å². The lowest BCUT2D eigenvalue weighted by Crippen LogP contribution is -2.37. The van der Waals surface area contributed by atoms with E-state index in [0.29, 0.717) is 11.1 Å². The summed E-state index contributed by atoms with van der Waals surface area (Å²) in [7, 11) is 0. The van der Waals surface area contributed by atoms with Crippen LogP contribution in [0.1, 0.15) is 15.9 Å². The molecule has 0 saturated carbocycles. The molecule has 9 heteroatoms. The summed E-state index contributed by atoms with van der Waals surface area (Å²) in [6, 6.07) is 9.36. The lowest BCUT2D eigenvalue weighted by atomic mass is 10.2. The van der Waals surface area contributed by atoms with Gasteiger partial charge in [-0.3, -0.25) is 19.3 Å². The summed E-state index contributed by atoms with van der Waals surface area (Å²) in [6.07, 6.45) is 1.58. The third-order valence-electron chi connectivity index (χ3n) is 3.84. The van der Waals surface area contributed by atoms with E-state index in [9.17, 15) is 23.2 Å². The summed E-state index contributed by atoms with van der Waals surface area (Å²) < 4.78 is 26.5. The number of hydrogen-bond donors (Lipinski definition) is 1. The van der Waals surface area contributed by atoms with Crippen LogP contribution < -0.4 is 5.32 Å². The molecular weight excluding hydrogens is 410 g/mol. The van der Waals surface area contributed by atoms with Crippen molar-refractivity contribution in [3.8, 4) is 0 Å². The van der Waals surface area contributed by atoms with Gasteiger partial charge in [0.1, 0.15) is 11.6 Å². The number of nitrogens with zero attached hydrogens (tertiary/aromatic N) is 1. The number of halogens is 3. The van der Waals surface area contributed by atoms with E-state index in [2.05, 4.69) is 5.32 Å². The van der Waals surface area contributed by atoms with E-state index >= 15 is 0 Å². The van der Waals surface area contributed by atoms with Crippen molar-refractivity contribution >= 4 is 46.5 Å². The zero-order valence-corrected chi connectivity index (χ0v) is 15.8. The van der Waals surface area contributed by atoms with E-state index in [1.54, 1.807) is 30.3 Å². The molecule has 0 bridgehead atoms. The molecule has 5 nitrogen and oxygen atoms in total. The Bertz CT molecular complexity index is 980. The first-order chi connectivity index (χ1) is 13.3. The molecule has 0 spiro atoms. The number of imide groups is 1. The molecule has 0 atom stereocenters. The molecule has 0 aliphatic carbocycles. The van der Waals surface area contributed by atoms with Crippen LogP contribution in [0.4, 0.5) is 13.6 Å². The highest BCUT2D eigenvalue weighted by atomic mass is 35.5. The summed E-state index contributed by atoms with van der Waals surface area (Å²) in [5.41, 5.74) is 0.396. The molecule has 1 saturated heterocycles. The second-order valence-electron chi connectivity index (χ2n) is 5.76. The zero-order chi connectivity index (χ0) is 20.3. The maximum Gasteiger partial charge on any atom is 0.293 e. The number of amides is 3. The Morgan fingerprint density at radius 2 is 1.86 bits per heavy atom. The van der Waals surface area contributed by atoms with Crippen molar-refractivity contribution in [2.45, 2.75) is 0 Å². The molecular formula is C19H13ClF2N2O3S. The van der Waals surface area contributed by atoms with Crippen LogP contribution in [0.15, 0.2) is 47.4 Å². The average molecular weight is 423 g/mol. The van der Waals surface area contributed by atoms with Gasteiger partial charge in [0.2, 0.25) is 0 Å². The molecule has 3 amide bonds. The molecule has 2 aromatic carbocycles. The maximum absolute atomic E-state index is 13.6. The molecule has 144 valence electrons. The standard InChI is InChI=1S/C19H13ClF2N2O3S/c20-12-3-1-11(2-4-12)9-16-18(26)24(19(27)28-16)8-7-23-17(25)14-6-5-13(21)10-15(14)22/h1-6,9-10H,7-8H2,(H,23,25)/b16-9+. The maximum atomic E-state index is 13.6. The van der Waals surface area contributed by atoms with E-state index < -0.39 is 28.7 Å². The highest BCUT2D eigenvalue weighted by Gasteiger charge is 2.34. The van der Waals surface area contributed by atoms with Gasteiger partial charge in [0.05, 0.1) is 10.5 Å². The van der Waals surface area contributed by atoms with Crippen LogP contribution >= 0.6 is 23.4 Å². The fourth-order valence-corrected chi connectivity index (χ4v) is 3.44. The number of carbonyl (C=O) groups is 3. The Balaban J connectivity index is 1.60. The van der Waals surface area contributed by atoms with Crippen LogP contribution in [0.3, 0.4) is 0 Å². The SMILES string of the molecule is O=C(NCCN1C(=O)S/C(=C/c2ccc(Cl)cc2)C1=O)c1ccc(F)cc1F. The van der Waals surface area contributed by atoms with Gasteiger partial charge < -0.3 is 5.32 Å². The predicted molar refractivity (Wildman–Crippen MR) is 103 cm³/mol. The third kappa shape index (κ3) is 4.58. The molecule has 1 aliphatic rings. The van der Waals surface area contributed by atoms with Gasteiger partial charge in [-0.1, -0.05) is 23.7 Å². The second-order valence-corrected chi connectivity index (χ2v) is 7.19. The van der Waals surface area contributed by atoms with Gasteiger partial charge in [0, 0.05) is 24.2 Å². The third-order valence-corrected chi connectivity index (χ3v) is 5.00. The molecule has 2 aromatic rings. The van der Waals surface area contributed by atoms with Gasteiger partial charge in [0.15, 0.2) is 0 Å². The molecule has 1 aliphatic heterocycles. The number of hydrogen-bond acceptors (Lipinski definition) is 4. The Morgan fingerprint density at radius 3 is 2.54 bits per heavy atom. The van der Waals surface area contributed by atoms with Crippen molar-refractivity contribution in [1.82, 2.24) is 10.2 Å². The van der Waals surface area contributed by atoms with E-state index in [1.165, 1.54) is 0 Å². The molecule has 0 unspecified atom stereocenters. The minimum Gasteiger partial charge on any atom is -0.350 e. The molecule has 28 heavy (non-hydrogen) atoms. The largest absolute Gasteiger partial charge is 0.350 e. The van der Waals surface area contributed by atoms with Crippen molar-refractivity contribution in [2.24, 2.45) is 0 Å². The molecule has 1 heterocycles. The van der Waals surface area contributed by atoms with Crippen molar-refractivity contribution < 1.29 is 23.2 Å². The first-order valence-electron chi connectivity index (χ1n) is 8.09. The van der Waals surface area contributed by atoms with Crippen molar-refractivity contribution in [3.05, 3.63) is 75.2 Å². The van der Waals surface area contributed by atoms with Gasteiger partial charge in [0.25, 0.3) is 17.1 Å². The quantitative estimate of drug-likeness (QED) is 0.737. The van der Waals surface area contributed by atoms with Crippen LogP contribution in [0, 0.1) is 11.6 Å². The normalized spacial score (nSPS) is 15.4. The van der Waals surface area contributed by atoms with Crippen LogP contribution in [0.25, 0.3) is 6.08 Å². The Morgan fingerprint density at radius 1 is 1.14 bits per heavy atom. The van der Waals surface area contributed by atoms with Crippen LogP contribution in [-0.4, -0.2) is 35.0 Å². The number of rotatable bonds is 5. The van der Waals surface area contributed by atoms with Gasteiger partial charge in [-0.05, 0) is 47.7 Å². The number of carbonyl (C=O) groups excluding carboxylic acids is 3. The van der Waals surface area contributed by atoms with Crippen molar-refractivity contribution in [2.75, 3.05) is 13.1 Å². The zero-order valence-electron chi connectivity index (χ0n) is 14.2. The molecule has 0 aromatic heterocycles. The first-order valence-corrected chi connectivity index (χ1v) is 9.29. The van der Waals surface area contributed by atoms with Crippen LogP contribution in [-0.2, 0) is 4.79 Å². The smallest absolute Gasteiger partial charge is 0.293 e. The fraction of sp³-hybridized carbons (Fsp3) is 0.105. The lowest BCUT2D eigenvalue weighted by molar-refractivity contribution is -0.122. The van der Waals surface area contributed by atoms with E-state index in [0.717, 1.165) is 34.4 Å². The van der Waals surface area contributed by atoms with E-state index in [1.807, 2.05) is 0 Å². The molecule has 0 radical (unpaired) electrons. The average Bonchev–Trinajstić information content (AvgIpc) is 2.91. The second kappa shape index (κ2) is 8.53. The Labute approximate surface area is 168 Å². The van der Waals surface area contributed by atoms with Gasteiger partial charge >= 0.3 is 0 Å². The summed E-state index contributed by atoms with van der Waals surface area (Å²) in [4.78, 5) is 37.7. The fourth-order valence-electron chi connectivity index (χ4n) is 2.45.